The van der Waals surface area contributed by atoms with Crippen molar-refractivity contribution < 1.29 is 4.74 Å². The van der Waals surface area contributed by atoms with Gasteiger partial charge in [0, 0.05) is 31.2 Å². The zero-order chi connectivity index (χ0) is 18.9. The molecule has 1 aliphatic heterocycles. The number of rotatable bonds is 7. The van der Waals surface area contributed by atoms with Gasteiger partial charge in [0.25, 0.3) is 0 Å². The second-order valence-corrected chi connectivity index (χ2v) is 7.71. The Morgan fingerprint density at radius 3 is 2.24 bits per heavy atom. The van der Waals surface area contributed by atoms with Gasteiger partial charge in [0.2, 0.25) is 0 Å². The van der Waals surface area contributed by atoms with Gasteiger partial charge in [0.05, 0.1) is 13.2 Å². The van der Waals surface area contributed by atoms with E-state index in [9.17, 15) is 0 Å². The Bertz CT molecular complexity index is 268. The van der Waals surface area contributed by atoms with Crippen LogP contribution in [-0.4, -0.2) is 69.1 Å². The molecule has 0 radical (unpaired) electrons. The third-order valence-corrected chi connectivity index (χ3v) is 5.12. The minimum Gasteiger partial charge on any atom is -0.379 e. The largest absolute Gasteiger partial charge is 0.379 e. The van der Waals surface area contributed by atoms with Crippen molar-refractivity contribution in [1.82, 2.24) is 15.3 Å². The Balaban J connectivity index is 0.000000430. The van der Waals surface area contributed by atoms with Gasteiger partial charge in [0.15, 0.2) is 0 Å². The standard InChI is InChI=1S/C10H22N2O.C7H17N2P.C2H6/c1-10(2)11-4-3-5-12-6-8-13-9-7-12;1-10-9-7-4-2-6(8)3-5-7;1-2/h10-11H,3-9H2,1-2H3;6-7,9-10H,2-5,8H2,1H3;1-2H3. The van der Waals surface area contributed by atoms with Gasteiger partial charge in [0.1, 0.15) is 0 Å². The van der Waals surface area contributed by atoms with Crippen molar-refractivity contribution >= 4 is 8.73 Å². The van der Waals surface area contributed by atoms with Crippen molar-refractivity contribution in [3.05, 3.63) is 0 Å². The molecule has 0 spiro atoms. The molecule has 4 N–H and O–H groups in total. The zero-order valence-corrected chi connectivity index (χ0v) is 18.4. The number of ether oxygens (including phenoxy) is 1. The number of morpholine rings is 1. The average molecular weight is 377 g/mol. The van der Waals surface area contributed by atoms with Crippen LogP contribution in [0, 0.1) is 0 Å². The first-order valence-corrected chi connectivity index (χ1v) is 11.8. The SMILES string of the molecule is CC.CC(C)NCCCN1CCOCC1.CPNC1CCC(N)CC1. The van der Waals surface area contributed by atoms with Gasteiger partial charge >= 0.3 is 0 Å². The van der Waals surface area contributed by atoms with Crippen LogP contribution in [-0.2, 0) is 4.74 Å². The minimum atomic E-state index is 0.484. The van der Waals surface area contributed by atoms with E-state index in [1.807, 2.05) is 13.8 Å². The van der Waals surface area contributed by atoms with Crippen LogP contribution in [0.1, 0.15) is 59.8 Å². The van der Waals surface area contributed by atoms with E-state index in [2.05, 4.69) is 35.8 Å². The number of hydrogen-bond donors (Lipinski definition) is 3. The Hall–Kier alpha value is 0.230. The second-order valence-electron chi connectivity index (χ2n) is 6.92. The molecule has 1 atom stereocenters. The Morgan fingerprint density at radius 2 is 1.72 bits per heavy atom. The van der Waals surface area contributed by atoms with E-state index in [-0.39, 0.29) is 0 Å². The third kappa shape index (κ3) is 15.0. The van der Waals surface area contributed by atoms with Crippen LogP contribution in [0.3, 0.4) is 0 Å². The van der Waals surface area contributed by atoms with Crippen molar-refractivity contribution in [2.24, 2.45) is 5.73 Å². The molecule has 152 valence electrons. The van der Waals surface area contributed by atoms with Crippen molar-refractivity contribution in [2.75, 3.05) is 46.1 Å². The molecule has 1 saturated carbocycles. The highest BCUT2D eigenvalue weighted by molar-refractivity contribution is 7.34. The van der Waals surface area contributed by atoms with Crippen LogP contribution < -0.4 is 16.1 Å². The smallest absolute Gasteiger partial charge is 0.0594 e. The molecule has 1 unspecified atom stereocenters. The molecule has 0 amide bonds. The van der Waals surface area contributed by atoms with Crippen LogP contribution in [0.4, 0.5) is 0 Å². The highest BCUT2D eigenvalue weighted by Gasteiger charge is 2.16. The summed E-state index contributed by atoms with van der Waals surface area (Å²) in [4.78, 5) is 2.48. The minimum absolute atomic E-state index is 0.484. The van der Waals surface area contributed by atoms with Gasteiger partial charge in [-0.05, 0) is 51.9 Å². The molecule has 2 fully saturated rings. The van der Waals surface area contributed by atoms with Gasteiger partial charge in [-0.3, -0.25) is 9.99 Å². The summed E-state index contributed by atoms with van der Waals surface area (Å²) in [5.41, 5.74) is 5.77. The van der Waals surface area contributed by atoms with E-state index in [0.717, 1.165) is 47.6 Å². The van der Waals surface area contributed by atoms with Crippen LogP contribution >= 0.6 is 8.73 Å². The lowest BCUT2D eigenvalue weighted by molar-refractivity contribution is 0.0374. The van der Waals surface area contributed by atoms with Gasteiger partial charge in [-0.1, -0.05) is 36.4 Å². The Morgan fingerprint density at radius 1 is 1.12 bits per heavy atom. The summed E-state index contributed by atoms with van der Waals surface area (Å²) in [6.07, 6.45) is 6.23. The van der Waals surface area contributed by atoms with Crippen LogP contribution in [0.25, 0.3) is 0 Å². The van der Waals surface area contributed by atoms with Gasteiger partial charge in [-0.15, -0.1) is 0 Å². The Labute approximate surface area is 159 Å². The highest BCUT2D eigenvalue weighted by atomic mass is 31.1. The Kier molecular flexibility index (Phi) is 17.8. The highest BCUT2D eigenvalue weighted by Crippen LogP contribution is 2.18. The fraction of sp³-hybridized carbons (Fsp3) is 1.00. The lowest BCUT2D eigenvalue weighted by Gasteiger charge is -2.26. The van der Waals surface area contributed by atoms with Crippen molar-refractivity contribution in [1.29, 1.82) is 0 Å². The molecule has 0 aromatic rings. The molecule has 2 aliphatic rings. The average Bonchev–Trinajstić information content (AvgIpc) is 2.64. The molecule has 1 saturated heterocycles. The number of nitrogens with zero attached hydrogens (tertiary/aromatic N) is 1. The molecule has 1 heterocycles. The monoisotopic (exact) mass is 376 g/mol. The van der Waals surface area contributed by atoms with E-state index in [0.29, 0.717) is 12.1 Å². The van der Waals surface area contributed by atoms with Crippen LogP contribution in [0.5, 0.6) is 0 Å². The summed E-state index contributed by atoms with van der Waals surface area (Å²) in [5, 5.41) is 6.90. The third-order valence-electron chi connectivity index (χ3n) is 4.43. The summed E-state index contributed by atoms with van der Waals surface area (Å²) in [7, 11) is 0.890. The maximum atomic E-state index is 5.77. The summed E-state index contributed by atoms with van der Waals surface area (Å²) in [6, 6.07) is 1.87. The first-order chi connectivity index (χ1) is 12.1. The zero-order valence-electron chi connectivity index (χ0n) is 17.4. The van der Waals surface area contributed by atoms with E-state index < -0.39 is 0 Å². The summed E-state index contributed by atoms with van der Waals surface area (Å²) in [5.74, 6) is 0. The van der Waals surface area contributed by atoms with Crippen molar-refractivity contribution in [3.63, 3.8) is 0 Å². The number of nitrogens with two attached hydrogens (primary N) is 1. The van der Waals surface area contributed by atoms with Gasteiger partial charge in [-0.25, -0.2) is 0 Å². The predicted molar refractivity (Wildman–Crippen MR) is 114 cm³/mol. The van der Waals surface area contributed by atoms with E-state index >= 15 is 0 Å². The van der Waals surface area contributed by atoms with E-state index in [1.54, 1.807) is 0 Å². The second kappa shape index (κ2) is 17.6. The molecule has 5 nitrogen and oxygen atoms in total. The molecule has 1 aliphatic carbocycles. The fourth-order valence-electron chi connectivity index (χ4n) is 2.99. The van der Waals surface area contributed by atoms with Gasteiger partial charge < -0.3 is 15.8 Å². The first kappa shape index (κ1) is 25.2. The molecule has 0 bridgehead atoms. The number of nitrogens with one attached hydrogen (secondary N) is 2. The molecule has 0 aromatic carbocycles. The van der Waals surface area contributed by atoms with Crippen molar-refractivity contribution in [2.45, 2.75) is 77.9 Å². The molecule has 0 aromatic heterocycles. The normalized spacial score (nSPS) is 24.6. The molecule has 6 heteroatoms. The van der Waals surface area contributed by atoms with E-state index in [4.69, 9.17) is 10.5 Å². The maximum absolute atomic E-state index is 5.77. The number of hydrogen-bond acceptors (Lipinski definition) is 5. The predicted octanol–water partition coefficient (Wildman–Crippen LogP) is 2.80. The summed E-state index contributed by atoms with van der Waals surface area (Å²) in [6.45, 7) is 17.0. The molecule has 25 heavy (non-hydrogen) atoms. The maximum Gasteiger partial charge on any atom is 0.0594 e. The lowest BCUT2D eigenvalue weighted by Crippen LogP contribution is -2.38. The molecular formula is C19H45N4OP. The lowest BCUT2D eigenvalue weighted by atomic mass is 9.93. The topological polar surface area (TPSA) is 62.5 Å². The summed E-state index contributed by atoms with van der Waals surface area (Å²) >= 11 is 0. The quantitative estimate of drug-likeness (QED) is 0.471. The van der Waals surface area contributed by atoms with E-state index in [1.165, 1.54) is 38.6 Å². The van der Waals surface area contributed by atoms with Crippen molar-refractivity contribution in [3.8, 4) is 0 Å². The summed E-state index contributed by atoms with van der Waals surface area (Å²) < 4.78 is 5.29. The van der Waals surface area contributed by atoms with Crippen LogP contribution in [0.2, 0.25) is 0 Å². The molecular weight excluding hydrogens is 331 g/mol. The molecule has 2 rings (SSSR count). The fourth-order valence-corrected chi connectivity index (χ4v) is 3.68. The van der Waals surface area contributed by atoms with Crippen LogP contribution in [0.15, 0.2) is 0 Å². The first-order valence-electron chi connectivity index (χ1n) is 10.3. The van der Waals surface area contributed by atoms with Gasteiger partial charge in [-0.2, -0.15) is 0 Å².